The van der Waals surface area contributed by atoms with Crippen molar-refractivity contribution in [3.63, 3.8) is 0 Å². The number of halogens is 3. The van der Waals surface area contributed by atoms with Crippen LogP contribution in [0.5, 0.6) is 0 Å². The average molecular weight is 461 g/mol. The predicted molar refractivity (Wildman–Crippen MR) is 112 cm³/mol. The van der Waals surface area contributed by atoms with Crippen molar-refractivity contribution < 1.29 is 18.7 Å². The first-order valence-electron chi connectivity index (χ1n) is 9.38. The van der Waals surface area contributed by atoms with Gasteiger partial charge in [0.2, 0.25) is 0 Å². The number of amidine groups is 1. The molecule has 3 aliphatic heterocycles. The monoisotopic (exact) mass is 460 g/mol. The van der Waals surface area contributed by atoms with Crippen molar-refractivity contribution in [2.75, 3.05) is 7.05 Å². The van der Waals surface area contributed by atoms with Gasteiger partial charge in [0.1, 0.15) is 5.82 Å². The van der Waals surface area contributed by atoms with Crippen LogP contribution in [0.15, 0.2) is 53.7 Å². The highest BCUT2D eigenvalue weighted by Gasteiger charge is 2.54. The van der Waals surface area contributed by atoms with E-state index in [2.05, 4.69) is 4.99 Å². The predicted octanol–water partition coefficient (Wildman–Crippen LogP) is 3.92. The second kappa shape index (κ2) is 7.25. The van der Waals surface area contributed by atoms with E-state index in [0.717, 1.165) is 10.5 Å². The minimum absolute atomic E-state index is 0.0759. The van der Waals surface area contributed by atoms with E-state index in [9.17, 15) is 14.0 Å². The number of fused-ring (bicyclic) bond motifs is 3. The summed E-state index contributed by atoms with van der Waals surface area (Å²) in [6.07, 6.45) is 0.924. The van der Waals surface area contributed by atoms with Gasteiger partial charge in [0.25, 0.3) is 11.9 Å². The Kier molecular flexibility index (Phi) is 4.64. The number of likely N-dealkylation sites (N-methyl/N-ethyl adjacent to an activating group) is 1. The fourth-order valence-corrected chi connectivity index (χ4v) is 4.16. The number of carbonyl (C=O) groups excluding carboxylic acids is 2. The molecular formula is C21H15Cl2FN4O3. The maximum absolute atomic E-state index is 14.3. The van der Waals surface area contributed by atoms with Crippen LogP contribution in [0.1, 0.15) is 11.1 Å². The number of carbonyl (C=O) groups is 2. The molecule has 0 bridgehead atoms. The standard InChI is InChI=1S/C21H15Cl2FN4O3/c1-26-18-17(19(29)28(21(26)30)9-13-14(23)3-2-4-15(13)24)27-10-16(31-20(27)25-18)11-5-7-12(22)8-6-11/h2-8,10,17-18H,9H2,1H3. The van der Waals surface area contributed by atoms with Crippen molar-refractivity contribution >= 4 is 46.9 Å². The van der Waals surface area contributed by atoms with E-state index < -0.39 is 30.0 Å². The molecule has 0 N–H and O–H groups in total. The summed E-state index contributed by atoms with van der Waals surface area (Å²) in [5.74, 6) is -0.594. The summed E-state index contributed by atoms with van der Waals surface area (Å²) in [6, 6.07) is 10.1. The van der Waals surface area contributed by atoms with Crippen LogP contribution in [0.25, 0.3) is 5.76 Å². The maximum atomic E-state index is 14.3. The van der Waals surface area contributed by atoms with Crippen molar-refractivity contribution in [2.45, 2.75) is 18.8 Å². The molecule has 2 aromatic rings. The molecule has 0 radical (unpaired) electrons. The van der Waals surface area contributed by atoms with Crippen molar-refractivity contribution in [3.8, 4) is 0 Å². The molecule has 1 saturated heterocycles. The molecule has 0 aliphatic carbocycles. The van der Waals surface area contributed by atoms with Crippen LogP contribution in [0.2, 0.25) is 10.0 Å². The van der Waals surface area contributed by atoms with E-state index in [4.69, 9.17) is 27.9 Å². The Morgan fingerprint density at radius 1 is 1.13 bits per heavy atom. The van der Waals surface area contributed by atoms with Crippen LogP contribution in [-0.2, 0) is 16.1 Å². The van der Waals surface area contributed by atoms with E-state index in [1.165, 1.54) is 23.1 Å². The quantitative estimate of drug-likeness (QED) is 0.695. The minimum atomic E-state index is -0.826. The van der Waals surface area contributed by atoms with Gasteiger partial charge in [-0.05, 0) is 36.4 Å². The normalized spacial score (nSPS) is 22.3. The smallest absolute Gasteiger partial charge is 0.328 e. The van der Waals surface area contributed by atoms with E-state index in [-0.39, 0.29) is 23.2 Å². The Labute approximate surface area is 186 Å². The highest BCUT2D eigenvalue weighted by atomic mass is 35.5. The first kappa shape index (κ1) is 19.8. The number of ether oxygens (including phenoxy) is 1. The van der Waals surface area contributed by atoms with Crippen LogP contribution in [-0.4, -0.2) is 51.9 Å². The molecule has 10 heteroatoms. The molecule has 3 heterocycles. The summed E-state index contributed by atoms with van der Waals surface area (Å²) in [7, 11) is 1.54. The maximum Gasteiger partial charge on any atom is 0.328 e. The SMILES string of the molecule is CN1C(=O)N(Cc2c(F)cccc2Cl)C(=O)C2C1N=C1OC(c3ccc(Cl)cc3)=CN12. The third-order valence-corrected chi connectivity index (χ3v) is 6.06. The summed E-state index contributed by atoms with van der Waals surface area (Å²) in [6.45, 7) is -0.283. The lowest BCUT2D eigenvalue weighted by Gasteiger charge is -2.39. The van der Waals surface area contributed by atoms with Crippen LogP contribution >= 0.6 is 23.2 Å². The molecule has 2 unspecified atom stereocenters. The van der Waals surface area contributed by atoms with Gasteiger partial charge in [-0.25, -0.2) is 14.2 Å². The Balaban J connectivity index is 1.46. The number of imide groups is 1. The largest absolute Gasteiger partial charge is 0.423 e. The molecule has 0 aromatic heterocycles. The van der Waals surface area contributed by atoms with Gasteiger partial charge in [-0.15, -0.1) is 0 Å². The lowest BCUT2D eigenvalue weighted by Crippen LogP contribution is -2.63. The minimum Gasteiger partial charge on any atom is -0.423 e. The number of hydrogen-bond acceptors (Lipinski definition) is 5. The molecule has 3 amide bonds. The molecule has 2 atom stereocenters. The molecule has 5 rings (SSSR count). The number of hydrogen-bond donors (Lipinski definition) is 0. The second-order valence-electron chi connectivity index (χ2n) is 7.30. The fourth-order valence-electron chi connectivity index (χ4n) is 3.82. The van der Waals surface area contributed by atoms with E-state index in [1.54, 1.807) is 42.4 Å². The molecule has 0 spiro atoms. The summed E-state index contributed by atoms with van der Waals surface area (Å²) in [5.41, 5.74) is 0.840. The Bertz CT molecular complexity index is 1150. The van der Waals surface area contributed by atoms with Gasteiger partial charge in [0, 0.05) is 28.2 Å². The lowest BCUT2D eigenvalue weighted by atomic mass is 10.1. The van der Waals surface area contributed by atoms with E-state index in [1.807, 2.05) is 0 Å². The molecule has 1 fully saturated rings. The molecule has 0 saturated carbocycles. The number of nitrogens with zero attached hydrogens (tertiary/aromatic N) is 4. The second-order valence-corrected chi connectivity index (χ2v) is 8.14. The van der Waals surface area contributed by atoms with Crippen molar-refractivity contribution in [1.82, 2.24) is 14.7 Å². The van der Waals surface area contributed by atoms with Gasteiger partial charge in [-0.2, -0.15) is 0 Å². The average Bonchev–Trinajstić information content (AvgIpc) is 3.30. The van der Waals surface area contributed by atoms with Crippen molar-refractivity contribution in [3.05, 3.63) is 75.7 Å². The van der Waals surface area contributed by atoms with Gasteiger partial charge < -0.3 is 9.64 Å². The first-order chi connectivity index (χ1) is 14.8. The van der Waals surface area contributed by atoms with Gasteiger partial charge in [-0.1, -0.05) is 29.3 Å². The Morgan fingerprint density at radius 2 is 1.87 bits per heavy atom. The third kappa shape index (κ3) is 3.14. The zero-order valence-corrected chi connectivity index (χ0v) is 17.6. The topological polar surface area (TPSA) is 65.5 Å². The lowest BCUT2D eigenvalue weighted by molar-refractivity contribution is -0.137. The highest BCUT2D eigenvalue weighted by molar-refractivity contribution is 6.31. The molecule has 31 heavy (non-hydrogen) atoms. The molecule has 3 aliphatic rings. The van der Waals surface area contributed by atoms with E-state index >= 15 is 0 Å². The fraction of sp³-hybridized carbons (Fsp3) is 0.190. The van der Waals surface area contributed by atoms with Crippen LogP contribution in [0.3, 0.4) is 0 Å². The van der Waals surface area contributed by atoms with Crippen molar-refractivity contribution in [2.24, 2.45) is 4.99 Å². The Hall–Kier alpha value is -3.10. The molecular weight excluding hydrogens is 446 g/mol. The number of aliphatic imine (C=N–C) groups is 1. The number of rotatable bonds is 3. The van der Waals surface area contributed by atoms with Gasteiger partial charge in [0.15, 0.2) is 18.0 Å². The van der Waals surface area contributed by atoms with Crippen LogP contribution < -0.4 is 0 Å². The van der Waals surface area contributed by atoms with Crippen molar-refractivity contribution in [1.29, 1.82) is 0 Å². The molecule has 158 valence electrons. The summed E-state index contributed by atoms with van der Waals surface area (Å²) in [4.78, 5) is 34.5. The van der Waals surface area contributed by atoms with Crippen LogP contribution in [0, 0.1) is 5.82 Å². The highest BCUT2D eigenvalue weighted by Crippen LogP contribution is 2.36. The molecule has 2 aromatic carbocycles. The zero-order chi connectivity index (χ0) is 21.9. The summed E-state index contributed by atoms with van der Waals surface area (Å²) < 4.78 is 20.1. The summed E-state index contributed by atoms with van der Waals surface area (Å²) in [5, 5.41) is 0.730. The van der Waals surface area contributed by atoms with Gasteiger partial charge >= 0.3 is 6.03 Å². The molecule has 7 nitrogen and oxygen atoms in total. The van der Waals surface area contributed by atoms with Crippen LogP contribution in [0.4, 0.5) is 9.18 Å². The Morgan fingerprint density at radius 3 is 2.58 bits per heavy atom. The number of benzene rings is 2. The number of amides is 3. The van der Waals surface area contributed by atoms with Gasteiger partial charge in [-0.3, -0.25) is 14.6 Å². The van der Waals surface area contributed by atoms with E-state index in [0.29, 0.717) is 10.8 Å². The summed E-state index contributed by atoms with van der Waals surface area (Å²) >= 11 is 12.0. The first-order valence-corrected chi connectivity index (χ1v) is 10.1. The van der Waals surface area contributed by atoms with Gasteiger partial charge in [0.05, 0.1) is 12.7 Å². The zero-order valence-electron chi connectivity index (χ0n) is 16.1. The third-order valence-electron chi connectivity index (χ3n) is 5.46. The number of urea groups is 1.